The van der Waals surface area contributed by atoms with Crippen LogP contribution in [0, 0.1) is 40.4 Å². The topological polar surface area (TPSA) is 158 Å². The molecule has 0 aromatic carbocycles. The summed E-state index contributed by atoms with van der Waals surface area (Å²) in [5.74, 6) is 0.578. The van der Waals surface area contributed by atoms with Gasteiger partial charge in [-0.05, 0) is 118 Å². The molecule has 4 aliphatic rings. The molecule has 0 aromatic heterocycles. The van der Waals surface area contributed by atoms with Crippen molar-refractivity contribution in [1.82, 2.24) is 0 Å². The van der Waals surface area contributed by atoms with Crippen molar-refractivity contribution in [1.29, 1.82) is 0 Å². The Hall–Kier alpha value is -3.70. The number of Topliss-reactive ketones (excluding diaryl/α,β-unsaturated/α-hetero) is 1. The molecule has 0 heterocycles. The molecule has 0 radical (unpaired) electrons. The van der Waals surface area contributed by atoms with Crippen LogP contribution in [0.3, 0.4) is 0 Å². The van der Waals surface area contributed by atoms with Gasteiger partial charge in [-0.3, -0.25) is 24.0 Å². The third-order valence-corrected chi connectivity index (χ3v) is 13.1. The monoisotopic (exact) mass is 772 g/mol. The van der Waals surface area contributed by atoms with E-state index < -0.39 is 42.9 Å². The van der Waals surface area contributed by atoms with Gasteiger partial charge in [-0.2, -0.15) is 0 Å². The normalized spacial score (nSPS) is 29.9. The van der Waals surface area contributed by atoms with Crippen molar-refractivity contribution in [2.75, 3.05) is 20.0 Å². The van der Waals surface area contributed by atoms with Gasteiger partial charge in [-0.25, -0.2) is 4.79 Å². The Morgan fingerprint density at radius 2 is 1.29 bits per heavy atom. The Morgan fingerprint density at radius 3 is 1.93 bits per heavy atom. The molecule has 12 nitrogen and oxygen atoms in total. The van der Waals surface area contributed by atoms with Gasteiger partial charge in [-0.15, -0.1) is 0 Å². The Kier molecular flexibility index (Phi) is 16.8. The molecule has 4 saturated carbocycles. The van der Waals surface area contributed by atoms with E-state index in [1.807, 2.05) is 26.0 Å². The molecule has 0 amide bonds. The van der Waals surface area contributed by atoms with E-state index in [4.69, 9.17) is 28.4 Å². The van der Waals surface area contributed by atoms with Gasteiger partial charge in [0.2, 0.25) is 6.79 Å². The molecule has 12 heteroatoms. The number of rotatable bonds is 19. The summed E-state index contributed by atoms with van der Waals surface area (Å²) in [6.07, 6.45) is 15.7. The van der Waals surface area contributed by atoms with E-state index in [0.717, 1.165) is 64.2 Å². The first-order valence-electron chi connectivity index (χ1n) is 20.6. The summed E-state index contributed by atoms with van der Waals surface area (Å²) in [6, 6.07) is 0. The predicted octanol–water partition coefficient (Wildman–Crippen LogP) is 8.14. The molecule has 4 aliphatic carbocycles. The first-order chi connectivity index (χ1) is 26.3. The van der Waals surface area contributed by atoms with Gasteiger partial charge in [0, 0.05) is 18.8 Å². The first-order valence-corrected chi connectivity index (χ1v) is 20.6. The van der Waals surface area contributed by atoms with E-state index >= 15 is 0 Å². The van der Waals surface area contributed by atoms with Crippen molar-refractivity contribution < 1.29 is 57.2 Å². The van der Waals surface area contributed by atoms with Crippen LogP contribution in [0.1, 0.15) is 137 Å². The van der Waals surface area contributed by atoms with Crippen LogP contribution in [0.2, 0.25) is 0 Å². The van der Waals surface area contributed by atoms with Crippen LogP contribution in [-0.4, -0.2) is 68.0 Å². The molecule has 1 unspecified atom stereocenters. The molecule has 55 heavy (non-hydrogen) atoms. The largest absolute Gasteiger partial charge is 0.511 e. The summed E-state index contributed by atoms with van der Waals surface area (Å²) >= 11 is 0. The number of ketones is 1. The minimum Gasteiger partial charge on any atom is -0.461 e. The smallest absolute Gasteiger partial charge is 0.461 e. The second-order valence-electron chi connectivity index (χ2n) is 16.5. The van der Waals surface area contributed by atoms with E-state index in [9.17, 15) is 28.8 Å². The molecule has 8 atom stereocenters. The van der Waals surface area contributed by atoms with Crippen molar-refractivity contribution >= 4 is 35.8 Å². The lowest BCUT2D eigenvalue weighted by molar-refractivity contribution is -0.166. The summed E-state index contributed by atoms with van der Waals surface area (Å²) in [7, 11) is 0. The Bertz CT molecular complexity index is 1370. The lowest BCUT2D eigenvalue weighted by Crippen LogP contribution is -2.54. The zero-order chi connectivity index (χ0) is 40.0. The number of hydrogen-bond donors (Lipinski definition) is 0. The molecular weight excluding hydrogens is 708 g/mol. The van der Waals surface area contributed by atoms with Crippen molar-refractivity contribution in [3.63, 3.8) is 0 Å². The molecule has 4 fully saturated rings. The predicted molar refractivity (Wildman–Crippen MR) is 202 cm³/mol. The molecule has 0 saturated heterocycles. The van der Waals surface area contributed by atoms with E-state index in [0.29, 0.717) is 29.5 Å². The van der Waals surface area contributed by atoms with Gasteiger partial charge in [-0.1, -0.05) is 52.0 Å². The molecule has 4 rings (SSSR count). The minimum absolute atomic E-state index is 0.0621. The zero-order valence-electron chi connectivity index (χ0n) is 33.7. The van der Waals surface area contributed by atoms with Gasteiger partial charge < -0.3 is 28.4 Å². The second kappa shape index (κ2) is 21.0. The molecule has 0 aromatic rings. The maximum absolute atomic E-state index is 12.5. The molecule has 0 spiro atoms. The van der Waals surface area contributed by atoms with E-state index in [-0.39, 0.29) is 68.2 Å². The molecule has 0 aliphatic heterocycles. The second-order valence-corrected chi connectivity index (χ2v) is 16.5. The standard InChI is InChI=1S/C43H64O12/c1-6-8-10-13-37(45)50-26-32(27-51-38(46)14-11-9-7-2)54-40(48)16-12-15-39(47)52-28-53-41(49)55-31-21-23-42(4)30(25-31)17-18-33-35-20-19-34(29(3)44)43(35,5)24-22-36(33)42/h8-11,30-36H,6-7,12-28H2,1-5H3/b10-8-,11-9-/t30-,31+,33?,34+,35-,36-,42-,43+/m0/s1. The minimum atomic E-state index is -1.01. The van der Waals surface area contributed by atoms with Crippen LogP contribution in [0.5, 0.6) is 0 Å². The average Bonchev–Trinajstić information content (AvgIpc) is 3.50. The number of ether oxygens (including phenoxy) is 6. The number of hydrogen-bond acceptors (Lipinski definition) is 12. The van der Waals surface area contributed by atoms with Crippen LogP contribution in [0.15, 0.2) is 24.3 Å². The van der Waals surface area contributed by atoms with Crippen molar-refractivity contribution in [2.45, 2.75) is 150 Å². The van der Waals surface area contributed by atoms with Crippen molar-refractivity contribution in [2.24, 2.45) is 40.4 Å². The summed E-state index contributed by atoms with van der Waals surface area (Å²) in [4.78, 5) is 73.9. The third-order valence-electron chi connectivity index (χ3n) is 13.1. The number of esters is 4. The van der Waals surface area contributed by atoms with Crippen LogP contribution in [-0.2, 0) is 52.4 Å². The SMILES string of the molecule is CC/C=C\CC(=O)OCC(COC(=O)C/C=C\CC)OC(=O)CCCC(=O)OCOC(=O)O[C@@H]1CC[C@@]2(C)[C@@H](CCC3[C@@H]2CC[C@]2(C)[C@@H](C(C)=O)CC[C@@H]32)C1. The number of carbonyl (C=O) groups excluding carboxylic acids is 6. The van der Waals surface area contributed by atoms with E-state index in [1.165, 1.54) is 6.42 Å². The lowest BCUT2D eigenvalue weighted by Gasteiger charge is -2.61. The van der Waals surface area contributed by atoms with Gasteiger partial charge in [0.05, 0.1) is 12.8 Å². The van der Waals surface area contributed by atoms with Crippen molar-refractivity contribution in [3.05, 3.63) is 24.3 Å². The lowest BCUT2D eigenvalue weighted by atomic mass is 9.44. The molecular formula is C43H64O12. The highest BCUT2D eigenvalue weighted by atomic mass is 16.8. The number of allylic oxidation sites excluding steroid dienone is 2. The fraction of sp³-hybridized carbons (Fsp3) is 0.767. The summed E-state index contributed by atoms with van der Waals surface area (Å²) < 4.78 is 31.6. The maximum Gasteiger partial charge on any atom is 0.511 e. The van der Waals surface area contributed by atoms with Gasteiger partial charge in [0.25, 0.3) is 0 Å². The Morgan fingerprint density at radius 1 is 0.673 bits per heavy atom. The van der Waals surface area contributed by atoms with Gasteiger partial charge in [0.1, 0.15) is 25.1 Å². The van der Waals surface area contributed by atoms with E-state index in [1.54, 1.807) is 19.1 Å². The van der Waals surface area contributed by atoms with Gasteiger partial charge >= 0.3 is 30.0 Å². The highest BCUT2D eigenvalue weighted by Gasteiger charge is 2.61. The Balaban J connectivity index is 1.13. The summed E-state index contributed by atoms with van der Waals surface area (Å²) in [6.45, 7) is 9.29. The average molecular weight is 773 g/mol. The van der Waals surface area contributed by atoms with Crippen LogP contribution < -0.4 is 0 Å². The fourth-order valence-corrected chi connectivity index (χ4v) is 10.3. The maximum atomic E-state index is 12.5. The van der Waals surface area contributed by atoms with Crippen molar-refractivity contribution in [3.8, 4) is 0 Å². The summed E-state index contributed by atoms with van der Waals surface area (Å²) in [5, 5.41) is 0. The highest BCUT2D eigenvalue weighted by molar-refractivity contribution is 5.79. The first kappa shape index (κ1) is 44.0. The Labute approximate surface area is 326 Å². The summed E-state index contributed by atoms with van der Waals surface area (Å²) in [5.41, 5.74) is 0.330. The molecule has 308 valence electrons. The highest BCUT2D eigenvalue weighted by Crippen LogP contribution is 2.67. The fourth-order valence-electron chi connectivity index (χ4n) is 10.3. The van der Waals surface area contributed by atoms with Crippen LogP contribution in [0.25, 0.3) is 0 Å². The molecule has 0 N–H and O–H groups in total. The van der Waals surface area contributed by atoms with Crippen LogP contribution >= 0.6 is 0 Å². The zero-order valence-corrected chi connectivity index (χ0v) is 33.7. The quantitative estimate of drug-likeness (QED) is 0.0538. The van der Waals surface area contributed by atoms with Crippen LogP contribution in [0.4, 0.5) is 4.79 Å². The number of fused-ring (bicyclic) bond motifs is 5. The third kappa shape index (κ3) is 12.1. The van der Waals surface area contributed by atoms with E-state index in [2.05, 4.69) is 13.8 Å². The molecule has 0 bridgehead atoms. The van der Waals surface area contributed by atoms with Gasteiger partial charge in [0.15, 0.2) is 6.10 Å². The number of carbonyl (C=O) groups is 6.